The molecule has 0 aromatic rings. The Morgan fingerprint density at radius 1 is 0.493 bits per heavy atom. The van der Waals surface area contributed by atoms with Gasteiger partial charge in [0, 0.05) is 6.42 Å². The number of carbonyl (C=O) groups is 1. The molecule has 2 N–H and O–H groups in total. The molecule has 0 heterocycles. The summed E-state index contributed by atoms with van der Waals surface area (Å²) >= 11 is 0. The molecule has 0 aliphatic carbocycles. The minimum Gasteiger partial charge on any atom is -0.756 e. The number of quaternary nitrogens is 1. The van der Waals surface area contributed by atoms with Gasteiger partial charge in [-0.2, -0.15) is 0 Å². The number of carbonyl (C=O) groups excluding carboxylic acids is 1. The van der Waals surface area contributed by atoms with E-state index in [4.69, 9.17) is 9.05 Å². The van der Waals surface area contributed by atoms with Crippen molar-refractivity contribution < 1.29 is 32.9 Å². The van der Waals surface area contributed by atoms with E-state index >= 15 is 0 Å². The fourth-order valence-corrected chi connectivity index (χ4v) is 9.87. The topological polar surface area (TPSA) is 108 Å². The molecule has 0 aliphatic heterocycles. The van der Waals surface area contributed by atoms with Gasteiger partial charge in [-0.1, -0.05) is 276 Å². The predicted molar refractivity (Wildman–Crippen MR) is 298 cm³/mol. The van der Waals surface area contributed by atoms with Crippen LogP contribution in [0.15, 0.2) is 24.3 Å². The van der Waals surface area contributed by atoms with Crippen LogP contribution in [0.1, 0.15) is 303 Å². The summed E-state index contributed by atoms with van der Waals surface area (Å²) in [5.74, 6) is -0.192. The Kier molecular flexibility index (Phi) is 51.1. The third-order valence-corrected chi connectivity index (χ3v) is 14.9. The summed E-state index contributed by atoms with van der Waals surface area (Å²) in [6.45, 7) is 4.69. The van der Waals surface area contributed by atoms with E-state index in [1.807, 2.05) is 27.2 Å². The molecule has 3 unspecified atom stereocenters. The zero-order valence-corrected chi connectivity index (χ0v) is 47.7. The van der Waals surface area contributed by atoms with Gasteiger partial charge >= 0.3 is 0 Å². The largest absolute Gasteiger partial charge is 0.756 e. The Labute approximate surface area is 430 Å². The standard InChI is InChI=1S/C60H119N2O6P/c1-6-8-10-12-14-16-18-20-22-23-24-25-26-27-28-29-30-31-32-33-34-35-36-37-38-40-42-44-46-48-50-52-54-60(64)61-58(57-68-69(65,66)67-56-55-62(3,4)5)59(63)53-51-49-47-45-43-41-39-21-19-17-15-13-11-9-7-2/h27-28,51,53,58-59,63H,6-26,29-50,52,54-57H2,1-5H3,(H-,61,64,65,66)/b28-27-,53-51+. The van der Waals surface area contributed by atoms with Crippen LogP contribution in [0, 0.1) is 0 Å². The lowest BCUT2D eigenvalue weighted by atomic mass is 10.0. The van der Waals surface area contributed by atoms with Crippen molar-refractivity contribution in [3.8, 4) is 0 Å². The third-order valence-electron chi connectivity index (χ3n) is 13.9. The minimum atomic E-state index is -4.59. The summed E-state index contributed by atoms with van der Waals surface area (Å²) in [7, 11) is 1.27. The number of likely N-dealkylation sites (N-methyl/N-ethyl adjacent to an activating group) is 1. The van der Waals surface area contributed by atoms with Gasteiger partial charge in [-0.3, -0.25) is 9.36 Å². The molecule has 1 amide bonds. The Morgan fingerprint density at radius 3 is 1.13 bits per heavy atom. The molecule has 0 aromatic heterocycles. The maximum atomic E-state index is 13.0. The number of amides is 1. The molecule has 0 saturated heterocycles. The molecule has 0 radical (unpaired) electrons. The SMILES string of the molecule is CCCCCCCCCCCCCC/C=C\CCCCCCCCCCCCCCCCCCC(=O)NC(COP(=O)([O-])OCC[N+](C)(C)C)C(O)/C=C/CCCCCCCCCCCCCCC. The normalized spacial score (nSPS) is 14.0. The summed E-state index contributed by atoms with van der Waals surface area (Å²) in [6.07, 6.45) is 65.6. The Bertz CT molecular complexity index is 1170. The molecule has 3 atom stereocenters. The van der Waals surface area contributed by atoms with Crippen molar-refractivity contribution in [3.05, 3.63) is 24.3 Å². The summed E-state index contributed by atoms with van der Waals surface area (Å²) in [4.78, 5) is 25.5. The van der Waals surface area contributed by atoms with Gasteiger partial charge in [0.25, 0.3) is 7.82 Å². The quantitative estimate of drug-likeness (QED) is 0.0272. The number of phosphoric ester groups is 1. The average Bonchev–Trinajstić information content (AvgIpc) is 3.31. The highest BCUT2D eigenvalue weighted by molar-refractivity contribution is 7.45. The number of nitrogens with zero attached hydrogens (tertiary/aromatic N) is 1. The smallest absolute Gasteiger partial charge is 0.268 e. The Hall–Kier alpha value is -1.02. The molecule has 0 aliphatic rings. The van der Waals surface area contributed by atoms with E-state index in [0.29, 0.717) is 17.4 Å². The van der Waals surface area contributed by atoms with Crippen LogP contribution in [0.5, 0.6) is 0 Å². The third kappa shape index (κ3) is 54.6. The first-order valence-electron chi connectivity index (χ1n) is 30.2. The highest BCUT2D eigenvalue weighted by Crippen LogP contribution is 2.38. The summed E-state index contributed by atoms with van der Waals surface area (Å²) < 4.78 is 23.3. The predicted octanol–water partition coefficient (Wildman–Crippen LogP) is 17.7. The van der Waals surface area contributed by atoms with E-state index in [1.54, 1.807) is 6.08 Å². The lowest BCUT2D eigenvalue weighted by Crippen LogP contribution is -2.45. The zero-order valence-electron chi connectivity index (χ0n) is 46.8. The molecule has 9 heteroatoms. The first-order chi connectivity index (χ1) is 33.5. The van der Waals surface area contributed by atoms with Crippen LogP contribution >= 0.6 is 7.82 Å². The van der Waals surface area contributed by atoms with E-state index in [-0.39, 0.29) is 19.1 Å². The summed E-state index contributed by atoms with van der Waals surface area (Å²) in [5.41, 5.74) is 0. The van der Waals surface area contributed by atoms with Crippen LogP contribution in [0.3, 0.4) is 0 Å². The van der Waals surface area contributed by atoms with Gasteiger partial charge in [0.1, 0.15) is 13.2 Å². The highest BCUT2D eigenvalue weighted by atomic mass is 31.2. The zero-order chi connectivity index (χ0) is 50.6. The van der Waals surface area contributed by atoms with Crippen LogP contribution in [0.25, 0.3) is 0 Å². The maximum absolute atomic E-state index is 13.0. The molecule has 410 valence electrons. The first kappa shape index (κ1) is 68.0. The van der Waals surface area contributed by atoms with Crippen LogP contribution in [0.2, 0.25) is 0 Å². The van der Waals surface area contributed by atoms with Crippen molar-refractivity contribution in [1.29, 1.82) is 0 Å². The molecular formula is C60H119N2O6P. The number of phosphoric acid groups is 1. The number of allylic oxidation sites excluding steroid dienone is 3. The fourth-order valence-electron chi connectivity index (χ4n) is 9.15. The van der Waals surface area contributed by atoms with Crippen LogP contribution in [0.4, 0.5) is 0 Å². The summed E-state index contributed by atoms with van der Waals surface area (Å²) in [5, 5.41) is 13.9. The molecule has 8 nitrogen and oxygen atoms in total. The maximum Gasteiger partial charge on any atom is 0.268 e. The van der Waals surface area contributed by atoms with Gasteiger partial charge in [-0.25, -0.2) is 0 Å². The lowest BCUT2D eigenvalue weighted by molar-refractivity contribution is -0.870. The van der Waals surface area contributed by atoms with Gasteiger partial charge < -0.3 is 28.8 Å². The van der Waals surface area contributed by atoms with Crippen molar-refractivity contribution in [1.82, 2.24) is 5.32 Å². The molecule has 0 fully saturated rings. The van der Waals surface area contributed by atoms with Crippen LogP contribution in [-0.2, 0) is 18.4 Å². The average molecular weight is 996 g/mol. The van der Waals surface area contributed by atoms with E-state index in [9.17, 15) is 19.4 Å². The number of rotatable bonds is 56. The molecule has 69 heavy (non-hydrogen) atoms. The summed E-state index contributed by atoms with van der Waals surface area (Å²) in [6, 6.07) is -0.883. The molecule has 0 rings (SSSR count). The van der Waals surface area contributed by atoms with Crippen molar-refractivity contribution in [2.45, 2.75) is 315 Å². The first-order valence-corrected chi connectivity index (χ1v) is 31.7. The molecular weight excluding hydrogens is 876 g/mol. The monoisotopic (exact) mass is 995 g/mol. The van der Waals surface area contributed by atoms with E-state index in [1.165, 1.54) is 244 Å². The molecule has 0 aromatic carbocycles. The van der Waals surface area contributed by atoms with E-state index in [2.05, 4.69) is 31.3 Å². The number of hydrogen-bond donors (Lipinski definition) is 2. The van der Waals surface area contributed by atoms with E-state index < -0.39 is 20.0 Å². The Balaban J connectivity index is 4.02. The number of unbranched alkanes of at least 4 members (excludes halogenated alkanes) is 41. The molecule has 0 saturated carbocycles. The number of hydrogen-bond acceptors (Lipinski definition) is 6. The van der Waals surface area contributed by atoms with Crippen molar-refractivity contribution in [2.24, 2.45) is 0 Å². The van der Waals surface area contributed by atoms with Crippen molar-refractivity contribution in [2.75, 3.05) is 40.9 Å². The van der Waals surface area contributed by atoms with Crippen molar-refractivity contribution >= 4 is 13.7 Å². The van der Waals surface area contributed by atoms with Gasteiger partial charge in [0.15, 0.2) is 0 Å². The van der Waals surface area contributed by atoms with E-state index in [0.717, 1.165) is 38.5 Å². The fraction of sp³-hybridized carbons (Fsp3) is 0.917. The molecule has 0 bridgehead atoms. The van der Waals surface area contributed by atoms with Crippen LogP contribution in [-0.4, -0.2) is 68.5 Å². The van der Waals surface area contributed by atoms with Gasteiger partial charge in [0.2, 0.25) is 5.91 Å². The minimum absolute atomic E-state index is 0.00125. The van der Waals surface area contributed by atoms with Gasteiger partial charge in [0.05, 0.1) is 39.9 Å². The van der Waals surface area contributed by atoms with Gasteiger partial charge in [-0.15, -0.1) is 0 Å². The number of aliphatic hydroxyl groups excluding tert-OH is 1. The highest BCUT2D eigenvalue weighted by Gasteiger charge is 2.23. The van der Waals surface area contributed by atoms with Crippen LogP contribution < -0.4 is 10.2 Å². The molecule has 0 spiro atoms. The Morgan fingerprint density at radius 2 is 0.797 bits per heavy atom. The number of aliphatic hydroxyl groups is 1. The van der Waals surface area contributed by atoms with Crippen molar-refractivity contribution in [3.63, 3.8) is 0 Å². The second-order valence-electron chi connectivity index (χ2n) is 22.1. The lowest BCUT2D eigenvalue weighted by Gasteiger charge is -2.29. The second kappa shape index (κ2) is 51.9. The van der Waals surface area contributed by atoms with Gasteiger partial charge in [-0.05, 0) is 44.9 Å². The number of nitrogens with one attached hydrogen (secondary N) is 1. The second-order valence-corrected chi connectivity index (χ2v) is 23.5.